The molecule has 1 aliphatic rings. The van der Waals surface area contributed by atoms with Gasteiger partial charge in [0.05, 0.1) is 18.3 Å². The van der Waals surface area contributed by atoms with Gasteiger partial charge in [-0.3, -0.25) is 4.57 Å². The number of benzene rings is 1. The molecule has 150 valence electrons. The Balaban J connectivity index is 1.44. The molecule has 0 aliphatic carbocycles. The molecule has 29 heavy (non-hydrogen) atoms. The van der Waals surface area contributed by atoms with E-state index >= 15 is 0 Å². The van der Waals surface area contributed by atoms with Crippen LogP contribution in [0.15, 0.2) is 47.4 Å². The second kappa shape index (κ2) is 7.16. The van der Waals surface area contributed by atoms with Crippen LogP contribution in [0.25, 0.3) is 0 Å². The van der Waals surface area contributed by atoms with Gasteiger partial charge in [-0.15, -0.1) is 0 Å². The molecule has 9 heteroatoms. The molecule has 0 bridgehead atoms. The summed E-state index contributed by atoms with van der Waals surface area (Å²) in [5, 5.41) is 3.23. The number of nitrogens with one attached hydrogen (secondary N) is 1. The van der Waals surface area contributed by atoms with Gasteiger partial charge in [-0.25, -0.2) is 14.2 Å². The zero-order valence-electron chi connectivity index (χ0n) is 15.8. The van der Waals surface area contributed by atoms with Gasteiger partial charge in [0, 0.05) is 6.07 Å². The fourth-order valence-electron chi connectivity index (χ4n) is 3.02. The first kappa shape index (κ1) is 18.9. The number of fused-ring (bicyclic) bond motifs is 1. The van der Waals surface area contributed by atoms with E-state index in [1.165, 1.54) is 24.4 Å². The summed E-state index contributed by atoms with van der Waals surface area (Å²) in [6, 6.07) is 8.44. The molecule has 3 aromatic rings. The second-order valence-corrected chi connectivity index (χ2v) is 7.33. The molecular formula is C20H18F2N4O3. The highest BCUT2D eigenvalue weighted by Crippen LogP contribution is 2.27. The van der Waals surface area contributed by atoms with E-state index in [4.69, 9.17) is 9.47 Å². The summed E-state index contributed by atoms with van der Waals surface area (Å²) in [6.45, 7) is 4.50. The Bertz CT molecular complexity index is 1110. The molecule has 4 rings (SSSR count). The maximum absolute atomic E-state index is 14.3. The maximum atomic E-state index is 14.3. The van der Waals surface area contributed by atoms with Crippen molar-refractivity contribution in [3.63, 3.8) is 0 Å². The van der Waals surface area contributed by atoms with Crippen LogP contribution in [0.2, 0.25) is 0 Å². The SMILES string of the molecule is CC1(C)Cn2c(cc(OCc3ccc(Oc4ccc(F)nc4)c(F)c3)nc2=O)N1. The minimum atomic E-state index is -0.649. The van der Waals surface area contributed by atoms with Crippen LogP contribution >= 0.6 is 0 Å². The summed E-state index contributed by atoms with van der Waals surface area (Å²) in [7, 11) is 0. The van der Waals surface area contributed by atoms with E-state index in [0.717, 1.165) is 6.07 Å². The summed E-state index contributed by atoms with van der Waals surface area (Å²) < 4.78 is 39.6. The minimum absolute atomic E-state index is 0.0224. The van der Waals surface area contributed by atoms with Gasteiger partial charge in [0.25, 0.3) is 0 Å². The zero-order valence-corrected chi connectivity index (χ0v) is 15.8. The highest BCUT2D eigenvalue weighted by atomic mass is 19.1. The molecular weight excluding hydrogens is 382 g/mol. The molecule has 0 atom stereocenters. The van der Waals surface area contributed by atoms with E-state index in [1.807, 2.05) is 13.8 Å². The average Bonchev–Trinajstić information content (AvgIpc) is 2.98. The van der Waals surface area contributed by atoms with Gasteiger partial charge in [-0.05, 0) is 43.7 Å². The Morgan fingerprint density at radius 1 is 1.21 bits per heavy atom. The van der Waals surface area contributed by atoms with Crippen molar-refractivity contribution in [2.24, 2.45) is 0 Å². The average molecular weight is 400 g/mol. The molecule has 0 amide bonds. The number of ether oxygens (including phenoxy) is 2. The standard InChI is InChI=1S/C20H18F2N4O3/c1-20(2)11-26-17(25-20)8-18(24-19(26)27)28-10-12-3-5-15(14(21)7-12)29-13-4-6-16(22)23-9-13/h3-9,25H,10-11H2,1-2H3. The zero-order chi connectivity index (χ0) is 20.6. The predicted octanol–water partition coefficient (Wildman–Crippen LogP) is 3.49. The first-order chi connectivity index (χ1) is 13.8. The van der Waals surface area contributed by atoms with Crippen LogP contribution in [0.3, 0.4) is 0 Å². The van der Waals surface area contributed by atoms with Crippen LogP contribution in [-0.4, -0.2) is 20.1 Å². The van der Waals surface area contributed by atoms with Crippen LogP contribution in [0.5, 0.6) is 17.4 Å². The van der Waals surface area contributed by atoms with Crippen LogP contribution in [0.4, 0.5) is 14.6 Å². The predicted molar refractivity (Wildman–Crippen MR) is 101 cm³/mol. The van der Waals surface area contributed by atoms with Gasteiger partial charge < -0.3 is 14.8 Å². The summed E-state index contributed by atoms with van der Waals surface area (Å²) in [5.41, 5.74) is -0.118. The van der Waals surface area contributed by atoms with Crippen LogP contribution in [0.1, 0.15) is 19.4 Å². The van der Waals surface area contributed by atoms with E-state index in [1.54, 1.807) is 16.7 Å². The van der Waals surface area contributed by atoms with Gasteiger partial charge in [-0.1, -0.05) is 6.07 Å². The number of hydrogen-bond acceptors (Lipinski definition) is 6. The van der Waals surface area contributed by atoms with Crippen LogP contribution in [0, 0.1) is 11.8 Å². The number of hydrogen-bond donors (Lipinski definition) is 1. The Kier molecular flexibility index (Phi) is 4.65. The Morgan fingerprint density at radius 2 is 2.03 bits per heavy atom. The fraction of sp³-hybridized carbons (Fsp3) is 0.250. The molecule has 2 aromatic heterocycles. The van der Waals surface area contributed by atoms with Crippen molar-refractivity contribution in [1.82, 2.24) is 14.5 Å². The number of halogens is 2. The number of nitrogens with zero attached hydrogens (tertiary/aromatic N) is 3. The van der Waals surface area contributed by atoms with E-state index in [-0.39, 0.29) is 29.5 Å². The molecule has 0 fully saturated rings. The molecule has 3 heterocycles. The van der Waals surface area contributed by atoms with E-state index in [2.05, 4.69) is 15.3 Å². The molecule has 0 radical (unpaired) electrons. The third-order valence-electron chi connectivity index (χ3n) is 4.32. The van der Waals surface area contributed by atoms with Crippen LogP contribution in [-0.2, 0) is 13.2 Å². The molecule has 7 nitrogen and oxygen atoms in total. The van der Waals surface area contributed by atoms with Crippen LogP contribution < -0.4 is 20.5 Å². The number of aromatic nitrogens is 3. The molecule has 0 unspecified atom stereocenters. The first-order valence-electron chi connectivity index (χ1n) is 8.90. The number of pyridine rings is 1. The molecule has 0 saturated carbocycles. The van der Waals surface area contributed by atoms with Crippen molar-refractivity contribution in [3.05, 3.63) is 70.4 Å². The summed E-state index contributed by atoms with van der Waals surface area (Å²) in [6.07, 6.45) is 1.17. The van der Waals surface area contributed by atoms with Crippen molar-refractivity contribution >= 4 is 5.82 Å². The summed E-state index contributed by atoms with van der Waals surface area (Å²) >= 11 is 0. The van der Waals surface area contributed by atoms with E-state index < -0.39 is 17.5 Å². The number of rotatable bonds is 5. The topological polar surface area (TPSA) is 78.3 Å². The lowest BCUT2D eigenvalue weighted by Crippen LogP contribution is -2.30. The maximum Gasteiger partial charge on any atom is 0.352 e. The van der Waals surface area contributed by atoms with Gasteiger partial charge in [0.15, 0.2) is 11.6 Å². The number of anilines is 1. The molecule has 0 saturated heterocycles. The quantitative estimate of drug-likeness (QED) is 0.661. The molecule has 1 N–H and O–H groups in total. The molecule has 1 aliphatic heterocycles. The van der Waals surface area contributed by atoms with E-state index in [9.17, 15) is 13.6 Å². The lowest BCUT2D eigenvalue weighted by atomic mass is 10.1. The van der Waals surface area contributed by atoms with Gasteiger partial charge in [0.2, 0.25) is 11.8 Å². The summed E-state index contributed by atoms with van der Waals surface area (Å²) in [5.74, 6) is -0.280. The largest absolute Gasteiger partial charge is 0.473 e. The van der Waals surface area contributed by atoms with E-state index in [0.29, 0.717) is 17.9 Å². The smallest absolute Gasteiger partial charge is 0.352 e. The highest BCUT2D eigenvalue weighted by Gasteiger charge is 2.29. The van der Waals surface area contributed by atoms with Crippen molar-refractivity contribution in [1.29, 1.82) is 0 Å². The van der Waals surface area contributed by atoms with Crippen molar-refractivity contribution in [2.75, 3.05) is 5.32 Å². The summed E-state index contributed by atoms with van der Waals surface area (Å²) in [4.78, 5) is 19.5. The molecule has 1 aromatic carbocycles. The Hall–Kier alpha value is -3.49. The lowest BCUT2D eigenvalue weighted by molar-refractivity contribution is 0.290. The van der Waals surface area contributed by atoms with Crippen molar-refractivity contribution < 1.29 is 18.3 Å². The minimum Gasteiger partial charge on any atom is -0.473 e. The fourth-order valence-corrected chi connectivity index (χ4v) is 3.02. The van der Waals surface area contributed by atoms with Crippen molar-refractivity contribution in [2.45, 2.75) is 32.5 Å². The highest BCUT2D eigenvalue weighted by molar-refractivity contribution is 5.45. The van der Waals surface area contributed by atoms with Gasteiger partial charge >= 0.3 is 5.69 Å². The Morgan fingerprint density at radius 3 is 2.76 bits per heavy atom. The third kappa shape index (κ3) is 4.18. The first-order valence-corrected chi connectivity index (χ1v) is 8.90. The molecule has 0 spiro atoms. The van der Waals surface area contributed by atoms with Crippen molar-refractivity contribution in [3.8, 4) is 17.4 Å². The Labute approximate surface area is 165 Å². The normalized spacial score (nSPS) is 14.2. The monoisotopic (exact) mass is 400 g/mol. The van der Waals surface area contributed by atoms with Gasteiger partial charge in [0.1, 0.15) is 18.2 Å². The lowest BCUT2D eigenvalue weighted by Gasteiger charge is -2.16. The third-order valence-corrected chi connectivity index (χ3v) is 4.32. The van der Waals surface area contributed by atoms with Gasteiger partial charge in [-0.2, -0.15) is 9.37 Å². The second-order valence-electron chi connectivity index (χ2n) is 7.33.